The van der Waals surface area contributed by atoms with E-state index in [1.54, 1.807) is 0 Å². The summed E-state index contributed by atoms with van der Waals surface area (Å²) in [6, 6.07) is 40.0. The summed E-state index contributed by atoms with van der Waals surface area (Å²) in [7, 11) is 2.19. The number of benzene rings is 5. The Kier molecular flexibility index (Phi) is 6.84. The van der Waals surface area contributed by atoms with Crippen LogP contribution in [0.3, 0.4) is 0 Å². The van der Waals surface area contributed by atoms with Crippen LogP contribution in [0, 0.1) is 0 Å². The van der Waals surface area contributed by atoms with Gasteiger partial charge in [0.2, 0.25) is 0 Å². The van der Waals surface area contributed by atoms with Crippen LogP contribution in [-0.4, -0.2) is 9.13 Å². The zero-order valence-electron chi connectivity index (χ0n) is 25.9. The summed E-state index contributed by atoms with van der Waals surface area (Å²) >= 11 is 0. The van der Waals surface area contributed by atoms with E-state index in [-0.39, 0.29) is 0 Å². The van der Waals surface area contributed by atoms with E-state index in [2.05, 4.69) is 169 Å². The molecule has 0 aliphatic heterocycles. The molecule has 0 atom stereocenters. The molecule has 1 aliphatic carbocycles. The Morgan fingerprint density at radius 3 is 1.80 bits per heavy atom. The average molecular weight is 581 g/mol. The van der Waals surface area contributed by atoms with Gasteiger partial charge >= 0.3 is 0 Å². The Morgan fingerprint density at radius 2 is 1.13 bits per heavy atom. The highest BCUT2D eigenvalue weighted by Crippen LogP contribution is 2.32. The third kappa shape index (κ3) is 4.93. The number of nitrogens with zero attached hydrogens (tertiary/aromatic N) is 2. The lowest BCUT2D eigenvalue weighted by Gasteiger charge is -2.07. The molecule has 2 heterocycles. The molecule has 8 rings (SSSR count). The van der Waals surface area contributed by atoms with Crippen molar-refractivity contribution in [2.24, 2.45) is 7.05 Å². The van der Waals surface area contributed by atoms with Gasteiger partial charge in [-0.1, -0.05) is 115 Å². The molecule has 2 nitrogen and oxygen atoms in total. The van der Waals surface area contributed by atoms with E-state index < -0.39 is 0 Å². The largest absolute Gasteiger partial charge is 0.347 e. The summed E-state index contributed by atoms with van der Waals surface area (Å²) in [6.07, 6.45) is 15.7. The van der Waals surface area contributed by atoms with Crippen molar-refractivity contribution in [2.45, 2.75) is 26.3 Å². The lowest BCUT2D eigenvalue weighted by molar-refractivity contribution is 0.824. The number of hydrogen-bond donors (Lipinski definition) is 0. The first kappa shape index (κ1) is 27.2. The highest BCUT2D eigenvalue weighted by atomic mass is 15.0. The molecule has 0 saturated heterocycles. The van der Waals surface area contributed by atoms with Gasteiger partial charge in [0.1, 0.15) is 0 Å². The van der Waals surface area contributed by atoms with Gasteiger partial charge in [-0.05, 0) is 83.5 Å². The van der Waals surface area contributed by atoms with Gasteiger partial charge in [0.05, 0.1) is 0 Å². The zero-order valence-corrected chi connectivity index (χ0v) is 25.9. The van der Waals surface area contributed by atoms with Gasteiger partial charge < -0.3 is 9.13 Å². The molecule has 45 heavy (non-hydrogen) atoms. The number of fused-ring (bicyclic) bond motifs is 6. The van der Waals surface area contributed by atoms with Gasteiger partial charge in [0.15, 0.2) is 0 Å². The van der Waals surface area contributed by atoms with Crippen LogP contribution in [0.1, 0.15) is 46.9 Å². The van der Waals surface area contributed by atoms with Crippen molar-refractivity contribution in [1.29, 1.82) is 0 Å². The Bertz CT molecular complexity index is 2280. The Morgan fingerprint density at radius 1 is 0.578 bits per heavy atom. The van der Waals surface area contributed by atoms with Crippen LogP contribution in [0.25, 0.3) is 74.2 Å². The van der Waals surface area contributed by atoms with Gasteiger partial charge in [0, 0.05) is 57.6 Å². The first-order valence-corrected chi connectivity index (χ1v) is 16.0. The predicted octanol–water partition coefficient (Wildman–Crippen LogP) is 11.3. The van der Waals surface area contributed by atoms with Gasteiger partial charge in [-0.2, -0.15) is 0 Å². The average Bonchev–Trinajstić information content (AvgIpc) is 3.57. The molecule has 5 aromatic carbocycles. The Balaban J connectivity index is 0.973. The molecule has 0 bridgehead atoms. The number of aryl methyl sites for hydroxylation is 2. The lowest BCUT2D eigenvalue weighted by atomic mass is 10.0. The molecule has 7 aromatic rings. The van der Waals surface area contributed by atoms with Crippen molar-refractivity contribution >= 4 is 63.1 Å². The van der Waals surface area contributed by atoms with E-state index >= 15 is 0 Å². The summed E-state index contributed by atoms with van der Waals surface area (Å²) in [5.74, 6) is 0. The SMILES string of the molecule is CCn1c2ccccc2c2cc(/C=C/c3ccc(-c4ccc(/C=C/c5ccc6c(c5)c5c(n6C)CCC=C5)cc4)cc3)ccc21. The standard InChI is InChI=1S/C43H36N2/c1-3-45-42-11-7-5-9-37(42)39-29-33(21-27-43(39)45)15-13-31-18-24-35(25-19-31)34-22-16-30(17-23-34)12-14-32-20-26-41-38(28-32)36-8-4-6-10-40(36)44(41)2/h4-5,7-9,11-29H,3,6,10H2,1-2H3/b14-12+,15-13+. The van der Waals surface area contributed by atoms with Crippen LogP contribution < -0.4 is 0 Å². The summed E-state index contributed by atoms with van der Waals surface area (Å²) in [5, 5.41) is 3.98. The topological polar surface area (TPSA) is 9.86 Å². The minimum atomic E-state index is 0.968. The molecule has 0 radical (unpaired) electrons. The van der Waals surface area contributed by atoms with Crippen LogP contribution in [0.4, 0.5) is 0 Å². The van der Waals surface area contributed by atoms with Crippen LogP contribution in [0.15, 0.2) is 115 Å². The molecule has 0 amide bonds. The van der Waals surface area contributed by atoms with Crippen LogP contribution >= 0.6 is 0 Å². The second-order valence-corrected chi connectivity index (χ2v) is 12.1. The van der Waals surface area contributed by atoms with Gasteiger partial charge in [-0.3, -0.25) is 0 Å². The van der Waals surface area contributed by atoms with Gasteiger partial charge in [-0.15, -0.1) is 0 Å². The molecule has 1 aliphatic rings. The molecular weight excluding hydrogens is 544 g/mol. The van der Waals surface area contributed by atoms with E-state index in [0.717, 1.165) is 19.4 Å². The zero-order chi connectivity index (χ0) is 30.3. The van der Waals surface area contributed by atoms with Gasteiger partial charge in [-0.25, -0.2) is 0 Å². The summed E-state index contributed by atoms with van der Waals surface area (Å²) in [5.41, 5.74) is 14.0. The molecule has 0 fully saturated rings. The summed E-state index contributed by atoms with van der Waals surface area (Å²) in [4.78, 5) is 0. The minimum absolute atomic E-state index is 0.968. The summed E-state index contributed by atoms with van der Waals surface area (Å²) in [6.45, 7) is 3.18. The highest BCUT2D eigenvalue weighted by Gasteiger charge is 2.15. The van der Waals surface area contributed by atoms with Crippen molar-refractivity contribution < 1.29 is 0 Å². The molecule has 2 aromatic heterocycles. The molecule has 0 N–H and O–H groups in total. The number of rotatable bonds is 6. The van der Waals surface area contributed by atoms with E-state index in [1.165, 1.54) is 77.3 Å². The summed E-state index contributed by atoms with van der Waals surface area (Å²) < 4.78 is 4.75. The minimum Gasteiger partial charge on any atom is -0.347 e. The molecule has 0 spiro atoms. The van der Waals surface area contributed by atoms with Crippen LogP contribution in [0.5, 0.6) is 0 Å². The van der Waals surface area contributed by atoms with E-state index in [0.29, 0.717) is 0 Å². The maximum atomic E-state index is 2.40. The predicted molar refractivity (Wildman–Crippen MR) is 195 cm³/mol. The van der Waals surface area contributed by atoms with Crippen LogP contribution in [-0.2, 0) is 20.0 Å². The van der Waals surface area contributed by atoms with Crippen molar-refractivity contribution in [1.82, 2.24) is 9.13 Å². The first-order valence-electron chi connectivity index (χ1n) is 16.0. The second-order valence-electron chi connectivity index (χ2n) is 12.1. The molecular formula is C43H36N2. The first-order chi connectivity index (χ1) is 22.2. The fraction of sp³-hybridized carbons (Fsp3) is 0.116. The number of aromatic nitrogens is 2. The smallest absolute Gasteiger partial charge is 0.0491 e. The number of allylic oxidation sites excluding steroid dienone is 1. The maximum Gasteiger partial charge on any atom is 0.0491 e. The monoisotopic (exact) mass is 580 g/mol. The normalized spacial score (nSPS) is 13.2. The van der Waals surface area contributed by atoms with E-state index in [4.69, 9.17) is 0 Å². The van der Waals surface area contributed by atoms with Gasteiger partial charge in [0.25, 0.3) is 0 Å². The number of para-hydroxylation sites is 1. The fourth-order valence-corrected chi connectivity index (χ4v) is 7.03. The van der Waals surface area contributed by atoms with E-state index in [1.807, 2.05) is 0 Å². The highest BCUT2D eigenvalue weighted by molar-refractivity contribution is 6.08. The molecule has 2 heteroatoms. The Labute approximate surface area is 264 Å². The molecule has 0 unspecified atom stereocenters. The third-order valence-electron chi connectivity index (χ3n) is 9.42. The third-order valence-corrected chi connectivity index (χ3v) is 9.42. The Hall–Kier alpha value is -5.34. The van der Waals surface area contributed by atoms with E-state index in [9.17, 15) is 0 Å². The maximum absolute atomic E-state index is 2.40. The van der Waals surface area contributed by atoms with Crippen LogP contribution in [0.2, 0.25) is 0 Å². The molecule has 0 saturated carbocycles. The number of hydrogen-bond acceptors (Lipinski definition) is 0. The van der Waals surface area contributed by atoms with Crippen molar-refractivity contribution in [2.75, 3.05) is 0 Å². The quantitative estimate of drug-likeness (QED) is 0.173. The van der Waals surface area contributed by atoms with Crippen molar-refractivity contribution in [3.8, 4) is 11.1 Å². The van der Waals surface area contributed by atoms with Crippen molar-refractivity contribution in [3.05, 3.63) is 149 Å². The second kappa shape index (κ2) is 11.3. The molecule has 218 valence electrons. The van der Waals surface area contributed by atoms with Crippen molar-refractivity contribution in [3.63, 3.8) is 0 Å². The lowest BCUT2D eigenvalue weighted by Crippen LogP contribution is -1.99. The fourth-order valence-electron chi connectivity index (χ4n) is 7.03.